The number of carbonyl (C=O) groups is 2. The van der Waals surface area contributed by atoms with E-state index in [0.29, 0.717) is 38.0 Å². The fourth-order valence-corrected chi connectivity index (χ4v) is 3.75. The van der Waals surface area contributed by atoms with Crippen molar-refractivity contribution in [2.24, 2.45) is 11.8 Å². The normalized spacial score (nSPS) is 24.1. The van der Waals surface area contributed by atoms with Crippen molar-refractivity contribution < 1.29 is 14.7 Å². The van der Waals surface area contributed by atoms with Crippen LogP contribution in [0, 0.1) is 18.8 Å². The van der Waals surface area contributed by atoms with Gasteiger partial charge in [-0.05, 0) is 37.7 Å². The number of piperidine rings is 1. The van der Waals surface area contributed by atoms with Gasteiger partial charge in [-0.3, -0.25) is 14.5 Å². The van der Waals surface area contributed by atoms with Crippen molar-refractivity contribution in [3.8, 4) is 0 Å². The summed E-state index contributed by atoms with van der Waals surface area (Å²) in [5, 5.41) is 9.31. The number of carboxylic acids is 1. The lowest BCUT2D eigenvalue weighted by atomic mass is 9.90. The molecule has 1 saturated heterocycles. The molecule has 5 nitrogen and oxygen atoms in total. The lowest BCUT2D eigenvalue weighted by Gasteiger charge is -2.35. The van der Waals surface area contributed by atoms with Crippen molar-refractivity contribution >= 4 is 11.9 Å². The van der Waals surface area contributed by atoms with Crippen molar-refractivity contribution in [1.82, 2.24) is 9.80 Å². The van der Waals surface area contributed by atoms with E-state index in [2.05, 4.69) is 38.1 Å². The van der Waals surface area contributed by atoms with Crippen LogP contribution in [0.25, 0.3) is 0 Å². The Labute approximate surface area is 149 Å². The van der Waals surface area contributed by atoms with Crippen molar-refractivity contribution in [2.45, 2.75) is 45.7 Å². The van der Waals surface area contributed by atoms with E-state index in [4.69, 9.17) is 0 Å². The minimum atomic E-state index is -0.747. The first kappa shape index (κ1) is 17.9. The number of carboxylic acid groups (broad SMARTS) is 1. The van der Waals surface area contributed by atoms with Gasteiger partial charge in [-0.25, -0.2) is 0 Å². The summed E-state index contributed by atoms with van der Waals surface area (Å²) in [6.45, 7) is 6.39. The number of hydrogen-bond donors (Lipinski definition) is 1. The second-order valence-corrected chi connectivity index (χ2v) is 7.81. The highest BCUT2D eigenvalue weighted by molar-refractivity contribution is 5.79. The van der Waals surface area contributed by atoms with E-state index >= 15 is 0 Å². The second-order valence-electron chi connectivity index (χ2n) is 7.81. The van der Waals surface area contributed by atoms with Gasteiger partial charge >= 0.3 is 5.97 Å². The van der Waals surface area contributed by atoms with Gasteiger partial charge in [0.15, 0.2) is 0 Å². The first-order valence-corrected chi connectivity index (χ1v) is 9.22. The molecule has 3 rings (SSSR count). The topological polar surface area (TPSA) is 60.9 Å². The molecule has 0 radical (unpaired) electrons. The molecular formula is C20H28N2O3. The number of aliphatic carboxylic acids is 1. The van der Waals surface area contributed by atoms with E-state index in [-0.39, 0.29) is 11.8 Å². The van der Waals surface area contributed by atoms with Crippen LogP contribution < -0.4 is 0 Å². The zero-order valence-electron chi connectivity index (χ0n) is 15.1. The Morgan fingerprint density at radius 2 is 1.88 bits per heavy atom. The molecule has 1 amide bonds. The Hall–Kier alpha value is -1.88. The van der Waals surface area contributed by atoms with Crippen molar-refractivity contribution in [1.29, 1.82) is 0 Å². The number of aryl methyl sites for hydroxylation is 1. The zero-order valence-corrected chi connectivity index (χ0v) is 15.1. The summed E-state index contributed by atoms with van der Waals surface area (Å²) in [5.41, 5.74) is 2.37. The molecule has 0 aromatic heterocycles. The van der Waals surface area contributed by atoms with Crippen molar-refractivity contribution in [2.75, 3.05) is 19.6 Å². The minimum absolute atomic E-state index is 0.126. The summed E-state index contributed by atoms with van der Waals surface area (Å²) in [6, 6.07) is 8.68. The fraction of sp³-hybridized carbons (Fsp3) is 0.600. The molecule has 1 aromatic rings. The van der Waals surface area contributed by atoms with Crippen molar-refractivity contribution in [3.63, 3.8) is 0 Å². The van der Waals surface area contributed by atoms with Gasteiger partial charge in [0.05, 0.1) is 12.5 Å². The van der Waals surface area contributed by atoms with Crippen LogP contribution in [-0.2, 0) is 16.1 Å². The fourth-order valence-electron chi connectivity index (χ4n) is 3.75. The van der Waals surface area contributed by atoms with Crippen LogP contribution in [0.2, 0.25) is 0 Å². The molecule has 1 heterocycles. The molecule has 25 heavy (non-hydrogen) atoms. The average Bonchev–Trinajstić information content (AvgIpc) is 3.38. The summed E-state index contributed by atoms with van der Waals surface area (Å²) >= 11 is 0. The number of rotatable bonds is 6. The monoisotopic (exact) mass is 344 g/mol. The molecule has 1 aromatic carbocycles. The third-order valence-corrected chi connectivity index (χ3v) is 5.22. The number of hydrogen-bond acceptors (Lipinski definition) is 3. The molecule has 1 saturated carbocycles. The molecule has 0 bridgehead atoms. The second kappa shape index (κ2) is 7.56. The quantitative estimate of drug-likeness (QED) is 0.861. The molecule has 136 valence electrons. The Morgan fingerprint density at radius 1 is 1.20 bits per heavy atom. The standard InChI is InChI=1S/C20H28N2O3/c1-14-3-5-16(6-4-14)11-22(18-7-8-18)19(23)13-21-10-15(2)9-17(12-21)20(24)25/h3-6,15,17-18H,7-13H2,1-2H3,(H,24,25). The summed E-state index contributed by atoms with van der Waals surface area (Å²) in [5.74, 6) is -0.666. The van der Waals surface area contributed by atoms with Gasteiger partial charge in [0.25, 0.3) is 0 Å². The number of amides is 1. The van der Waals surface area contributed by atoms with Gasteiger partial charge in [0, 0.05) is 25.7 Å². The SMILES string of the molecule is Cc1ccc(CN(C(=O)CN2CC(C)CC(C(=O)O)C2)C2CC2)cc1. The van der Waals surface area contributed by atoms with Gasteiger partial charge in [-0.1, -0.05) is 36.8 Å². The zero-order chi connectivity index (χ0) is 18.0. The molecule has 5 heteroatoms. The lowest BCUT2D eigenvalue weighted by molar-refractivity contribution is -0.146. The minimum Gasteiger partial charge on any atom is -0.481 e. The summed E-state index contributed by atoms with van der Waals surface area (Å²) in [7, 11) is 0. The predicted octanol–water partition coefficient (Wildman–Crippen LogP) is 2.53. The number of carbonyl (C=O) groups excluding carboxylic acids is 1. The maximum absolute atomic E-state index is 12.9. The van der Waals surface area contributed by atoms with E-state index in [1.165, 1.54) is 5.56 Å². The summed E-state index contributed by atoms with van der Waals surface area (Å²) < 4.78 is 0. The molecule has 1 aliphatic carbocycles. The average molecular weight is 344 g/mol. The van der Waals surface area contributed by atoms with Gasteiger partial charge < -0.3 is 10.0 Å². The first-order chi connectivity index (χ1) is 11.9. The third-order valence-electron chi connectivity index (χ3n) is 5.22. The van der Waals surface area contributed by atoms with Gasteiger partial charge in [-0.15, -0.1) is 0 Å². The Morgan fingerprint density at radius 3 is 2.48 bits per heavy atom. The van der Waals surface area contributed by atoms with Gasteiger partial charge in [0.1, 0.15) is 0 Å². The molecule has 0 spiro atoms. The van der Waals surface area contributed by atoms with Crippen LogP contribution in [0.4, 0.5) is 0 Å². The van der Waals surface area contributed by atoms with E-state index < -0.39 is 5.97 Å². The Kier molecular flexibility index (Phi) is 5.42. The van der Waals surface area contributed by atoms with E-state index in [1.807, 2.05) is 9.80 Å². The van der Waals surface area contributed by atoms with Crippen LogP contribution in [0.1, 0.15) is 37.3 Å². The molecule has 2 atom stereocenters. The third kappa shape index (κ3) is 4.82. The Bertz CT molecular complexity index is 624. The number of likely N-dealkylation sites (tertiary alicyclic amines) is 1. The highest BCUT2D eigenvalue weighted by Crippen LogP contribution is 2.29. The maximum Gasteiger partial charge on any atom is 0.307 e. The van der Waals surface area contributed by atoms with Crippen LogP contribution in [0.5, 0.6) is 0 Å². The summed E-state index contributed by atoms with van der Waals surface area (Å²) in [4.78, 5) is 28.2. The molecule has 1 N–H and O–H groups in total. The molecular weight excluding hydrogens is 316 g/mol. The van der Waals surface area contributed by atoms with Gasteiger partial charge in [0.2, 0.25) is 5.91 Å². The first-order valence-electron chi connectivity index (χ1n) is 9.22. The molecule has 2 unspecified atom stereocenters. The van der Waals surface area contributed by atoms with Crippen molar-refractivity contribution in [3.05, 3.63) is 35.4 Å². The Balaban J connectivity index is 1.62. The highest BCUT2D eigenvalue weighted by Gasteiger charge is 2.35. The largest absolute Gasteiger partial charge is 0.481 e. The van der Waals surface area contributed by atoms with Crippen LogP contribution in [0.15, 0.2) is 24.3 Å². The highest BCUT2D eigenvalue weighted by atomic mass is 16.4. The smallest absolute Gasteiger partial charge is 0.307 e. The molecule has 1 aliphatic heterocycles. The van der Waals surface area contributed by atoms with Gasteiger partial charge in [-0.2, -0.15) is 0 Å². The predicted molar refractivity (Wildman–Crippen MR) is 96.1 cm³/mol. The van der Waals surface area contributed by atoms with Crippen LogP contribution >= 0.6 is 0 Å². The van der Waals surface area contributed by atoms with E-state index in [9.17, 15) is 14.7 Å². The van der Waals surface area contributed by atoms with Crippen LogP contribution in [0.3, 0.4) is 0 Å². The number of benzene rings is 1. The lowest BCUT2D eigenvalue weighted by Crippen LogP contribution is -2.48. The molecule has 2 fully saturated rings. The number of nitrogens with zero attached hydrogens (tertiary/aromatic N) is 2. The maximum atomic E-state index is 12.9. The van der Waals surface area contributed by atoms with E-state index in [0.717, 1.165) is 24.9 Å². The van der Waals surface area contributed by atoms with E-state index in [1.54, 1.807) is 0 Å². The van der Waals surface area contributed by atoms with Crippen LogP contribution in [-0.4, -0.2) is 52.5 Å². The molecule has 2 aliphatic rings. The summed E-state index contributed by atoms with van der Waals surface area (Å²) in [6.07, 6.45) is 2.85.